The molecule has 3 nitrogen and oxygen atoms in total. The van der Waals surface area contributed by atoms with Gasteiger partial charge >= 0.3 is 0 Å². The number of ether oxygens (including phenoxy) is 1. The van der Waals surface area contributed by atoms with Gasteiger partial charge in [0.05, 0.1) is 6.04 Å². The molecule has 2 heterocycles. The molecule has 2 atom stereocenters. The van der Waals surface area contributed by atoms with Gasteiger partial charge in [0, 0.05) is 29.6 Å². The Morgan fingerprint density at radius 3 is 2.81 bits per heavy atom. The van der Waals surface area contributed by atoms with Gasteiger partial charge in [-0.15, -0.1) is 11.3 Å². The summed E-state index contributed by atoms with van der Waals surface area (Å²) in [5, 5.41) is 2.16. The predicted molar refractivity (Wildman–Crippen MR) is 87.8 cm³/mol. The van der Waals surface area contributed by atoms with E-state index in [0.717, 1.165) is 18.8 Å². The van der Waals surface area contributed by atoms with Crippen LogP contribution in [0.2, 0.25) is 0 Å². The molecule has 0 bridgehead atoms. The second-order valence-corrected chi connectivity index (χ2v) is 6.65. The third-order valence-corrected chi connectivity index (χ3v) is 5.13. The lowest BCUT2D eigenvalue weighted by molar-refractivity contribution is 0.154. The van der Waals surface area contributed by atoms with E-state index in [1.807, 2.05) is 6.07 Å². The second-order valence-electron chi connectivity index (χ2n) is 5.70. The van der Waals surface area contributed by atoms with E-state index >= 15 is 0 Å². The minimum Gasteiger partial charge on any atom is -0.492 e. The van der Waals surface area contributed by atoms with Crippen molar-refractivity contribution in [1.29, 1.82) is 0 Å². The van der Waals surface area contributed by atoms with Gasteiger partial charge in [-0.05, 0) is 36.9 Å². The summed E-state index contributed by atoms with van der Waals surface area (Å²) in [6.45, 7) is 6.77. The molecule has 2 aromatic rings. The van der Waals surface area contributed by atoms with Gasteiger partial charge in [0.2, 0.25) is 0 Å². The van der Waals surface area contributed by atoms with Crippen LogP contribution in [0.1, 0.15) is 29.0 Å². The quantitative estimate of drug-likeness (QED) is 0.945. The molecule has 0 aliphatic carbocycles. The normalized spacial score (nSPS) is 18.4. The van der Waals surface area contributed by atoms with Gasteiger partial charge in [-0.25, -0.2) is 0 Å². The largest absolute Gasteiger partial charge is 0.492 e. The van der Waals surface area contributed by atoms with Crippen molar-refractivity contribution in [2.45, 2.75) is 32.5 Å². The molecule has 2 unspecified atom stereocenters. The third-order valence-electron chi connectivity index (χ3n) is 4.04. The summed E-state index contributed by atoms with van der Waals surface area (Å²) < 4.78 is 5.88. The van der Waals surface area contributed by atoms with Gasteiger partial charge in [-0.3, -0.25) is 4.90 Å². The van der Waals surface area contributed by atoms with Crippen molar-refractivity contribution in [3.63, 3.8) is 0 Å². The van der Waals surface area contributed by atoms with Gasteiger partial charge < -0.3 is 10.5 Å². The Labute approximate surface area is 130 Å². The summed E-state index contributed by atoms with van der Waals surface area (Å²) >= 11 is 1.81. The first-order chi connectivity index (χ1) is 10.2. The average molecular weight is 302 g/mol. The molecule has 0 saturated carbocycles. The molecule has 112 valence electrons. The Balaban J connectivity index is 1.92. The first kappa shape index (κ1) is 14.6. The molecule has 2 N–H and O–H groups in total. The Bertz CT molecular complexity index is 608. The van der Waals surface area contributed by atoms with E-state index in [9.17, 15) is 0 Å². The maximum absolute atomic E-state index is 6.32. The van der Waals surface area contributed by atoms with Gasteiger partial charge in [-0.2, -0.15) is 0 Å². The molecule has 4 heteroatoms. The number of nitrogens with two attached hydrogens (primary N) is 1. The number of rotatable bonds is 3. The summed E-state index contributed by atoms with van der Waals surface area (Å²) in [6.07, 6.45) is 0. The van der Waals surface area contributed by atoms with Crippen LogP contribution in [0.15, 0.2) is 35.7 Å². The number of para-hydroxylation sites is 1. The van der Waals surface area contributed by atoms with Gasteiger partial charge in [0.25, 0.3) is 0 Å². The number of hydrogen-bond acceptors (Lipinski definition) is 4. The van der Waals surface area contributed by atoms with Gasteiger partial charge in [0.15, 0.2) is 0 Å². The maximum Gasteiger partial charge on any atom is 0.123 e. The summed E-state index contributed by atoms with van der Waals surface area (Å²) in [4.78, 5) is 3.83. The van der Waals surface area contributed by atoms with Crippen LogP contribution in [0.4, 0.5) is 0 Å². The van der Waals surface area contributed by atoms with Crippen LogP contribution in [0, 0.1) is 6.92 Å². The van der Waals surface area contributed by atoms with Crippen molar-refractivity contribution >= 4 is 11.3 Å². The number of hydrogen-bond donors (Lipinski definition) is 1. The smallest absolute Gasteiger partial charge is 0.123 e. The summed E-state index contributed by atoms with van der Waals surface area (Å²) in [7, 11) is 0. The monoisotopic (exact) mass is 302 g/mol. The first-order valence-electron chi connectivity index (χ1n) is 7.41. The van der Waals surface area contributed by atoms with E-state index in [4.69, 9.17) is 10.5 Å². The van der Waals surface area contributed by atoms with Crippen LogP contribution in [0.25, 0.3) is 0 Å². The number of thiophene rings is 1. The molecule has 1 aliphatic heterocycles. The summed E-state index contributed by atoms with van der Waals surface area (Å²) in [6, 6.07) is 10.8. The fraction of sp³-hybridized carbons (Fsp3) is 0.412. The van der Waals surface area contributed by atoms with Crippen LogP contribution in [0.3, 0.4) is 0 Å². The molecule has 0 spiro atoms. The second kappa shape index (κ2) is 6.18. The minimum atomic E-state index is 0.0904. The lowest BCUT2D eigenvalue weighted by Gasteiger charge is -2.33. The topological polar surface area (TPSA) is 38.5 Å². The van der Waals surface area contributed by atoms with E-state index < -0.39 is 0 Å². The zero-order valence-electron chi connectivity index (χ0n) is 12.6. The van der Waals surface area contributed by atoms with E-state index in [0.29, 0.717) is 6.61 Å². The SMILES string of the molecule is Cc1ccsc1C(C(C)N)N1CCOc2ccccc2C1. The zero-order valence-corrected chi connectivity index (χ0v) is 13.4. The number of nitrogens with zero attached hydrogens (tertiary/aromatic N) is 1. The molecule has 0 saturated heterocycles. The van der Waals surface area contributed by atoms with Gasteiger partial charge in [-0.1, -0.05) is 18.2 Å². The molecule has 0 fully saturated rings. The van der Waals surface area contributed by atoms with Crippen LogP contribution in [-0.4, -0.2) is 24.1 Å². The first-order valence-corrected chi connectivity index (χ1v) is 8.29. The molecule has 1 aromatic heterocycles. The maximum atomic E-state index is 6.32. The minimum absolute atomic E-state index is 0.0904. The van der Waals surface area contributed by atoms with Gasteiger partial charge in [0.1, 0.15) is 12.4 Å². The highest BCUT2D eigenvalue weighted by Crippen LogP contribution is 2.34. The fourth-order valence-corrected chi connectivity index (χ4v) is 4.18. The van der Waals surface area contributed by atoms with E-state index in [1.165, 1.54) is 16.0 Å². The molecule has 21 heavy (non-hydrogen) atoms. The van der Waals surface area contributed by atoms with Crippen LogP contribution < -0.4 is 10.5 Å². The van der Waals surface area contributed by atoms with Crippen LogP contribution in [-0.2, 0) is 6.54 Å². The standard InChI is InChI=1S/C17H22N2OS/c1-12-7-10-21-17(12)16(13(2)18)19-8-9-20-15-6-4-3-5-14(15)11-19/h3-7,10,13,16H,8-9,11,18H2,1-2H3. The van der Waals surface area contributed by atoms with Crippen molar-refractivity contribution in [3.8, 4) is 5.75 Å². The van der Waals surface area contributed by atoms with E-state index in [1.54, 1.807) is 11.3 Å². The van der Waals surface area contributed by atoms with E-state index in [-0.39, 0.29) is 12.1 Å². The number of fused-ring (bicyclic) bond motifs is 1. The Morgan fingerprint density at radius 1 is 1.29 bits per heavy atom. The predicted octanol–water partition coefficient (Wildman–Crippen LogP) is 3.34. The van der Waals surface area contributed by atoms with Crippen LogP contribution in [0.5, 0.6) is 5.75 Å². The van der Waals surface area contributed by atoms with Crippen molar-refractivity contribution in [2.75, 3.05) is 13.2 Å². The zero-order chi connectivity index (χ0) is 14.8. The third kappa shape index (κ3) is 2.98. The highest BCUT2D eigenvalue weighted by molar-refractivity contribution is 7.10. The molecule has 1 aromatic carbocycles. The number of aryl methyl sites for hydroxylation is 1. The molecule has 3 rings (SSSR count). The van der Waals surface area contributed by atoms with Crippen molar-refractivity contribution in [3.05, 3.63) is 51.7 Å². The van der Waals surface area contributed by atoms with E-state index in [2.05, 4.69) is 48.4 Å². The molecule has 1 aliphatic rings. The summed E-state index contributed by atoms with van der Waals surface area (Å²) in [5.41, 5.74) is 8.90. The Kier molecular flexibility index (Phi) is 4.29. The lowest BCUT2D eigenvalue weighted by atomic mass is 10.0. The van der Waals surface area contributed by atoms with Crippen molar-refractivity contribution in [2.24, 2.45) is 5.73 Å². The molecular weight excluding hydrogens is 280 g/mol. The lowest BCUT2D eigenvalue weighted by Crippen LogP contribution is -2.40. The molecular formula is C17H22N2OS. The highest BCUT2D eigenvalue weighted by Gasteiger charge is 2.28. The fourth-order valence-electron chi connectivity index (χ4n) is 3.01. The summed E-state index contributed by atoms with van der Waals surface area (Å²) in [5.74, 6) is 1.01. The Morgan fingerprint density at radius 2 is 2.10 bits per heavy atom. The Hall–Kier alpha value is -1.36. The highest BCUT2D eigenvalue weighted by atomic mass is 32.1. The van der Waals surface area contributed by atoms with Crippen LogP contribution >= 0.6 is 11.3 Å². The molecule has 0 radical (unpaired) electrons. The van der Waals surface area contributed by atoms with Crippen molar-refractivity contribution in [1.82, 2.24) is 4.90 Å². The number of benzene rings is 1. The molecule has 0 amide bonds. The average Bonchev–Trinajstić information content (AvgIpc) is 2.75. The van der Waals surface area contributed by atoms with Crippen molar-refractivity contribution < 1.29 is 4.74 Å².